The second-order valence-electron chi connectivity index (χ2n) is 4.82. The fourth-order valence-electron chi connectivity index (χ4n) is 2.49. The van der Waals surface area contributed by atoms with Crippen LogP contribution in [0.15, 0.2) is 24.8 Å². The molecule has 0 radical (unpaired) electrons. The predicted octanol–water partition coefficient (Wildman–Crippen LogP) is 1.13. The lowest BCUT2D eigenvalue weighted by atomic mass is 10.3. The van der Waals surface area contributed by atoms with Crippen molar-refractivity contribution < 1.29 is 4.79 Å². The molecule has 0 saturated carbocycles. The number of amides is 1. The number of nitrogens with zero attached hydrogens (tertiary/aromatic N) is 5. The van der Waals surface area contributed by atoms with Crippen LogP contribution in [0.25, 0.3) is 10.3 Å². The van der Waals surface area contributed by atoms with Crippen LogP contribution in [-0.2, 0) is 13.1 Å². The number of fused-ring (bicyclic) bond motifs is 2. The summed E-state index contributed by atoms with van der Waals surface area (Å²) >= 11 is 1.29. The number of aromatic nitrogens is 4. The number of hydrogen-bond donors (Lipinski definition) is 1. The third-order valence-corrected chi connectivity index (χ3v) is 4.68. The van der Waals surface area contributed by atoms with Crippen molar-refractivity contribution in [3.63, 3.8) is 0 Å². The van der Waals surface area contributed by atoms with Gasteiger partial charge in [-0.05, 0) is 0 Å². The number of nitrogens with two attached hydrogens (primary N) is 1. The van der Waals surface area contributed by atoms with Gasteiger partial charge >= 0.3 is 0 Å². The van der Waals surface area contributed by atoms with Crippen LogP contribution in [0, 0.1) is 0 Å². The fraction of sp³-hybridized carbons (Fsp3) is 0.231. The molecule has 3 aromatic heterocycles. The maximum atomic E-state index is 12.7. The van der Waals surface area contributed by atoms with Gasteiger partial charge in [-0.2, -0.15) is 0 Å². The first-order chi connectivity index (χ1) is 10.2. The van der Waals surface area contributed by atoms with E-state index in [2.05, 4.69) is 19.5 Å². The summed E-state index contributed by atoms with van der Waals surface area (Å²) in [7, 11) is 0. The van der Waals surface area contributed by atoms with Crippen molar-refractivity contribution in [1.82, 2.24) is 24.4 Å². The minimum atomic E-state index is -0.0773. The molecule has 7 nitrogen and oxygen atoms in total. The average Bonchev–Trinajstić information content (AvgIpc) is 3.11. The molecule has 0 saturated heterocycles. The molecule has 1 amide bonds. The van der Waals surface area contributed by atoms with Crippen molar-refractivity contribution in [1.29, 1.82) is 0 Å². The molecule has 0 fully saturated rings. The minimum absolute atomic E-state index is 0.0773. The SMILES string of the molecule is Nc1c(C(=O)N2CCn3ccnc3C2)sc2nccnc12. The Balaban J connectivity index is 1.69. The van der Waals surface area contributed by atoms with E-state index in [1.54, 1.807) is 23.5 Å². The topological polar surface area (TPSA) is 89.9 Å². The van der Waals surface area contributed by atoms with Crippen molar-refractivity contribution in [2.75, 3.05) is 12.3 Å². The van der Waals surface area contributed by atoms with E-state index in [0.29, 0.717) is 34.0 Å². The van der Waals surface area contributed by atoms with Gasteiger partial charge in [0.05, 0.1) is 12.2 Å². The molecule has 1 aliphatic heterocycles. The Kier molecular flexibility index (Phi) is 2.64. The Hall–Kier alpha value is -2.48. The Morgan fingerprint density at radius 3 is 2.90 bits per heavy atom. The molecular weight excluding hydrogens is 288 g/mol. The highest BCUT2D eigenvalue weighted by atomic mass is 32.1. The zero-order valence-corrected chi connectivity index (χ0v) is 11.9. The summed E-state index contributed by atoms with van der Waals surface area (Å²) in [5.74, 6) is 0.817. The molecule has 4 rings (SSSR count). The Bertz CT molecular complexity index is 838. The van der Waals surface area contributed by atoms with Crippen molar-refractivity contribution in [3.05, 3.63) is 35.5 Å². The van der Waals surface area contributed by atoms with E-state index in [0.717, 1.165) is 12.4 Å². The van der Waals surface area contributed by atoms with Crippen molar-refractivity contribution in [2.24, 2.45) is 0 Å². The molecule has 0 aliphatic carbocycles. The lowest BCUT2D eigenvalue weighted by molar-refractivity contribution is 0.0713. The third kappa shape index (κ3) is 1.87. The molecule has 21 heavy (non-hydrogen) atoms. The van der Waals surface area contributed by atoms with E-state index in [-0.39, 0.29) is 5.91 Å². The summed E-state index contributed by atoms with van der Waals surface area (Å²) in [5, 5.41) is 0. The van der Waals surface area contributed by atoms with Crippen molar-refractivity contribution in [3.8, 4) is 0 Å². The molecular formula is C13H12N6OS. The highest BCUT2D eigenvalue weighted by Crippen LogP contribution is 2.32. The van der Waals surface area contributed by atoms with Crippen LogP contribution in [0.1, 0.15) is 15.5 Å². The number of hydrogen-bond acceptors (Lipinski definition) is 6. The van der Waals surface area contributed by atoms with Gasteiger partial charge in [-0.1, -0.05) is 0 Å². The number of carbonyl (C=O) groups excluding carboxylic acids is 1. The lowest BCUT2D eigenvalue weighted by Gasteiger charge is -2.27. The first kappa shape index (κ1) is 12.3. The molecule has 1 aliphatic rings. The first-order valence-electron chi connectivity index (χ1n) is 6.52. The number of rotatable bonds is 1. The lowest BCUT2D eigenvalue weighted by Crippen LogP contribution is -2.38. The van der Waals surface area contributed by atoms with E-state index >= 15 is 0 Å². The zero-order chi connectivity index (χ0) is 14.4. The van der Waals surface area contributed by atoms with Crippen LogP contribution in [-0.4, -0.2) is 36.9 Å². The molecule has 2 N–H and O–H groups in total. The summed E-state index contributed by atoms with van der Waals surface area (Å²) < 4.78 is 2.06. The van der Waals surface area contributed by atoms with Gasteiger partial charge in [-0.25, -0.2) is 15.0 Å². The molecule has 3 aromatic rings. The van der Waals surface area contributed by atoms with Crippen molar-refractivity contribution in [2.45, 2.75) is 13.1 Å². The van der Waals surface area contributed by atoms with Gasteiger partial charge < -0.3 is 15.2 Å². The Morgan fingerprint density at radius 1 is 1.19 bits per heavy atom. The summed E-state index contributed by atoms with van der Waals surface area (Å²) in [6, 6.07) is 0. The maximum absolute atomic E-state index is 12.7. The molecule has 0 bridgehead atoms. The molecule has 0 atom stereocenters. The van der Waals surface area contributed by atoms with E-state index in [1.807, 2.05) is 6.20 Å². The molecule has 106 valence electrons. The van der Waals surface area contributed by atoms with Crippen LogP contribution in [0.2, 0.25) is 0 Å². The summed E-state index contributed by atoms with van der Waals surface area (Å²) in [6.45, 7) is 1.90. The van der Waals surface area contributed by atoms with Crippen LogP contribution < -0.4 is 5.73 Å². The number of nitrogen functional groups attached to an aromatic ring is 1. The third-order valence-electron chi connectivity index (χ3n) is 3.59. The summed E-state index contributed by atoms with van der Waals surface area (Å²) in [4.78, 5) is 28.3. The monoisotopic (exact) mass is 300 g/mol. The predicted molar refractivity (Wildman–Crippen MR) is 78.8 cm³/mol. The van der Waals surface area contributed by atoms with E-state index < -0.39 is 0 Å². The highest BCUT2D eigenvalue weighted by molar-refractivity contribution is 7.21. The van der Waals surface area contributed by atoms with E-state index in [9.17, 15) is 4.79 Å². The first-order valence-corrected chi connectivity index (χ1v) is 7.34. The second kappa shape index (κ2) is 4.52. The van der Waals surface area contributed by atoms with Crippen LogP contribution >= 0.6 is 11.3 Å². The van der Waals surface area contributed by atoms with Gasteiger partial charge in [0, 0.05) is 37.9 Å². The van der Waals surface area contributed by atoms with Crippen molar-refractivity contribution >= 4 is 33.3 Å². The van der Waals surface area contributed by atoms with Gasteiger partial charge in [-0.15, -0.1) is 11.3 Å². The van der Waals surface area contributed by atoms with Gasteiger partial charge in [-0.3, -0.25) is 4.79 Å². The average molecular weight is 300 g/mol. The molecule has 0 unspecified atom stereocenters. The maximum Gasteiger partial charge on any atom is 0.266 e. The molecule has 0 spiro atoms. The standard InChI is InChI=1S/C13H12N6OS/c14-9-10-12(17-2-1-16-10)21-11(9)13(20)19-6-5-18-4-3-15-8(18)7-19/h1-4H,5-7,14H2. The number of carbonyl (C=O) groups is 1. The highest BCUT2D eigenvalue weighted by Gasteiger charge is 2.26. The van der Waals surface area contributed by atoms with Gasteiger partial charge in [0.25, 0.3) is 5.91 Å². The smallest absolute Gasteiger partial charge is 0.266 e. The minimum Gasteiger partial charge on any atom is -0.396 e. The quantitative estimate of drug-likeness (QED) is 0.727. The summed E-state index contributed by atoms with van der Waals surface area (Å²) in [6.07, 6.45) is 6.87. The Morgan fingerprint density at radius 2 is 2.05 bits per heavy atom. The normalized spacial score (nSPS) is 14.4. The van der Waals surface area contributed by atoms with E-state index in [1.165, 1.54) is 11.3 Å². The number of imidazole rings is 1. The Labute approximate surface area is 124 Å². The number of thiophene rings is 1. The molecule has 8 heteroatoms. The largest absolute Gasteiger partial charge is 0.396 e. The van der Waals surface area contributed by atoms with Crippen LogP contribution in [0.3, 0.4) is 0 Å². The van der Waals surface area contributed by atoms with Gasteiger partial charge in [0.2, 0.25) is 0 Å². The molecule has 4 heterocycles. The fourth-order valence-corrected chi connectivity index (χ4v) is 3.48. The van der Waals surface area contributed by atoms with Crippen LogP contribution in [0.4, 0.5) is 5.69 Å². The van der Waals surface area contributed by atoms with Gasteiger partial charge in [0.15, 0.2) is 0 Å². The van der Waals surface area contributed by atoms with Crippen LogP contribution in [0.5, 0.6) is 0 Å². The second-order valence-corrected chi connectivity index (χ2v) is 5.82. The zero-order valence-electron chi connectivity index (χ0n) is 11.1. The van der Waals surface area contributed by atoms with E-state index in [4.69, 9.17) is 5.73 Å². The molecule has 0 aromatic carbocycles. The van der Waals surface area contributed by atoms with Gasteiger partial charge in [0.1, 0.15) is 21.0 Å². The number of anilines is 1. The summed E-state index contributed by atoms with van der Waals surface area (Å²) in [5.41, 5.74) is 7.08.